The van der Waals surface area contributed by atoms with Crippen molar-refractivity contribution in [2.45, 2.75) is 45.4 Å². The summed E-state index contributed by atoms with van der Waals surface area (Å²) >= 11 is 1.61. The van der Waals surface area contributed by atoms with E-state index in [2.05, 4.69) is 34.1 Å². The van der Waals surface area contributed by atoms with Crippen molar-refractivity contribution in [2.24, 2.45) is 5.92 Å². The van der Waals surface area contributed by atoms with E-state index in [1.807, 2.05) is 17.0 Å². The quantitative estimate of drug-likeness (QED) is 0.684. The van der Waals surface area contributed by atoms with E-state index in [1.54, 1.807) is 11.3 Å². The molecule has 1 amide bonds. The number of aromatic nitrogens is 4. The van der Waals surface area contributed by atoms with Gasteiger partial charge in [-0.05, 0) is 43.7 Å². The number of amides is 1. The van der Waals surface area contributed by atoms with Crippen LogP contribution in [0.5, 0.6) is 0 Å². The van der Waals surface area contributed by atoms with Crippen LogP contribution in [0, 0.1) is 5.92 Å². The summed E-state index contributed by atoms with van der Waals surface area (Å²) < 4.78 is 0. The Hall–Kier alpha value is -2.48. The molecule has 0 radical (unpaired) electrons. The molecule has 0 spiro atoms. The first kappa shape index (κ1) is 19.5. The maximum Gasteiger partial charge on any atom is 0.227 e. The van der Waals surface area contributed by atoms with Gasteiger partial charge in [-0.1, -0.05) is 13.8 Å². The standard InChI is InChI=1S/C22H28N6OS/c1-14(2)17-13-30-21(24-17)20-23-16-7-8-18(25-19(16)26-20)28-11-5-6-15(12-28)22(29)27-9-3-4-10-27/h7-8,13-15H,3-6,9-12H2,1-2H3,(H,23,25,26). The molecule has 1 N–H and O–H groups in total. The highest BCUT2D eigenvalue weighted by Crippen LogP contribution is 2.29. The Morgan fingerprint density at radius 3 is 2.73 bits per heavy atom. The molecule has 2 aliphatic rings. The molecule has 8 heteroatoms. The van der Waals surface area contributed by atoms with Gasteiger partial charge in [0.25, 0.3) is 0 Å². The Bertz CT molecular complexity index is 1050. The van der Waals surface area contributed by atoms with E-state index < -0.39 is 0 Å². The lowest BCUT2D eigenvalue weighted by molar-refractivity contribution is -0.134. The summed E-state index contributed by atoms with van der Waals surface area (Å²) in [7, 11) is 0. The number of anilines is 1. The van der Waals surface area contributed by atoms with E-state index >= 15 is 0 Å². The van der Waals surface area contributed by atoms with Crippen LogP contribution in [-0.4, -0.2) is 56.9 Å². The molecular formula is C22H28N6OS. The molecule has 1 atom stereocenters. The number of rotatable bonds is 4. The van der Waals surface area contributed by atoms with Crippen LogP contribution in [0.25, 0.3) is 22.0 Å². The summed E-state index contributed by atoms with van der Waals surface area (Å²) in [6.45, 7) is 7.82. The van der Waals surface area contributed by atoms with E-state index in [-0.39, 0.29) is 5.92 Å². The molecule has 0 aliphatic carbocycles. The van der Waals surface area contributed by atoms with Crippen molar-refractivity contribution in [1.82, 2.24) is 24.8 Å². The molecule has 0 aromatic carbocycles. The van der Waals surface area contributed by atoms with Crippen molar-refractivity contribution >= 4 is 34.2 Å². The minimum Gasteiger partial charge on any atom is -0.356 e. The zero-order valence-corrected chi connectivity index (χ0v) is 18.4. The normalized spacial score (nSPS) is 19.9. The van der Waals surface area contributed by atoms with Crippen LogP contribution < -0.4 is 4.90 Å². The molecule has 5 rings (SSSR count). The summed E-state index contributed by atoms with van der Waals surface area (Å²) in [4.78, 5) is 34.7. The number of carbonyl (C=O) groups excluding carboxylic acids is 1. The van der Waals surface area contributed by atoms with Crippen molar-refractivity contribution in [3.8, 4) is 10.8 Å². The number of hydrogen-bond donors (Lipinski definition) is 1. The van der Waals surface area contributed by atoms with Crippen LogP contribution in [0.2, 0.25) is 0 Å². The monoisotopic (exact) mass is 424 g/mol. The summed E-state index contributed by atoms with van der Waals surface area (Å²) in [6.07, 6.45) is 4.28. The first-order chi connectivity index (χ1) is 14.6. The minimum atomic E-state index is 0.0800. The zero-order valence-electron chi connectivity index (χ0n) is 17.6. The fraction of sp³-hybridized carbons (Fsp3) is 0.545. The lowest BCUT2D eigenvalue weighted by Crippen LogP contribution is -2.44. The molecule has 2 aliphatic heterocycles. The summed E-state index contributed by atoms with van der Waals surface area (Å²) in [6, 6.07) is 4.04. The Kier molecular flexibility index (Phi) is 5.18. The number of hydrogen-bond acceptors (Lipinski definition) is 6. The topological polar surface area (TPSA) is 78.0 Å². The molecule has 3 aromatic rings. The lowest BCUT2D eigenvalue weighted by atomic mass is 9.96. The third-order valence-corrected chi connectivity index (χ3v) is 7.02. The van der Waals surface area contributed by atoms with Gasteiger partial charge in [-0.3, -0.25) is 4.79 Å². The first-order valence-electron chi connectivity index (χ1n) is 10.9. The Morgan fingerprint density at radius 2 is 1.97 bits per heavy atom. The smallest absolute Gasteiger partial charge is 0.227 e. The molecule has 2 fully saturated rings. The number of nitrogens with one attached hydrogen (secondary N) is 1. The van der Waals surface area contributed by atoms with Crippen LogP contribution in [0.1, 0.15) is 51.1 Å². The number of thiazole rings is 1. The summed E-state index contributed by atoms with van der Waals surface area (Å²) in [5.74, 6) is 2.49. The molecule has 0 bridgehead atoms. The number of piperidine rings is 1. The van der Waals surface area contributed by atoms with Crippen molar-refractivity contribution < 1.29 is 4.79 Å². The second-order valence-corrected chi connectivity index (χ2v) is 9.53. The van der Waals surface area contributed by atoms with Gasteiger partial charge in [-0.2, -0.15) is 0 Å². The molecular weight excluding hydrogens is 396 g/mol. The van der Waals surface area contributed by atoms with Crippen molar-refractivity contribution in [1.29, 1.82) is 0 Å². The van der Waals surface area contributed by atoms with E-state index in [4.69, 9.17) is 9.97 Å². The fourth-order valence-corrected chi connectivity index (χ4v) is 5.33. The molecule has 30 heavy (non-hydrogen) atoms. The molecule has 2 saturated heterocycles. The maximum absolute atomic E-state index is 12.9. The van der Waals surface area contributed by atoms with Gasteiger partial charge in [0.1, 0.15) is 11.3 Å². The molecule has 1 unspecified atom stereocenters. The van der Waals surface area contributed by atoms with Crippen LogP contribution in [0.4, 0.5) is 5.82 Å². The second-order valence-electron chi connectivity index (χ2n) is 8.67. The van der Waals surface area contributed by atoms with E-state index in [0.717, 1.165) is 85.4 Å². The van der Waals surface area contributed by atoms with Gasteiger partial charge in [-0.15, -0.1) is 11.3 Å². The van der Waals surface area contributed by atoms with E-state index in [1.165, 1.54) is 0 Å². The Morgan fingerprint density at radius 1 is 1.13 bits per heavy atom. The van der Waals surface area contributed by atoms with Crippen LogP contribution in [0.3, 0.4) is 0 Å². The third kappa shape index (κ3) is 3.69. The van der Waals surface area contributed by atoms with Gasteiger partial charge < -0.3 is 14.8 Å². The fourth-order valence-electron chi connectivity index (χ4n) is 4.40. The van der Waals surface area contributed by atoms with Crippen molar-refractivity contribution in [3.63, 3.8) is 0 Å². The Balaban J connectivity index is 1.35. The predicted molar refractivity (Wildman–Crippen MR) is 120 cm³/mol. The van der Waals surface area contributed by atoms with Crippen LogP contribution in [0.15, 0.2) is 17.5 Å². The highest BCUT2D eigenvalue weighted by Gasteiger charge is 2.31. The number of carbonyl (C=O) groups is 1. The SMILES string of the molecule is CC(C)c1csc(-c2nc3ccc(N4CCCC(C(=O)N5CCCC5)C4)nc3[nH]2)n1. The van der Waals surface area contributed by atoms with Crippen LogP contribution in [-0.2, 0) is 4.79 Å². The lowest BCUT2D eigenvalue weighted by Gasteiger charge is -2.34. The predicted octanol–water partition coefficient (Wildman–Crippen LogP) is 4.04. The average molecular weight is 425 g/mol. The van der Waals surface area contributed by atoms with Gasteiger partial charge in [0.15, 0.2) is 16.5 Å². The molecule has 0 saturated carbocycles. The van der Waals surface area contributed by atoms with Gasteiger partial charge >= 0.3 is 0 Å². The van der Waals surface area contributed by atoms with Crippen LogP contribution >= 0.6 is 11.3 Å². The summed E-state index contributed by atoms with van der Waals surface area (Å²) in [5.41, 5.74) is 2.71. The second kappa shape index (κ2) is 7.98. The highest BCUT2D eigenvalue weighted by molar-refractivity contribution is 7.13. The number of H-pyrrole nitrogens is 1. The van der Waals surface area contributed by atoms with E-state index in [0.29, 0.717) is 11.8 Å². The van der Waals surface area contributed by atoms with E-state index in [9.17, 15) is 4.79 Å². The number of aromatic amines is 1. The first-order valence-corrected chi connectivity index (χ1v) is 11.8. The third-order valence-electron chi connectivity index (χ3n) is 6.16. The Labute approximate surface area is 180 Å². The maximum atomic E-state index is 12.9. The molecule has 158 valence electrons. The zero-order chi connectivity index (χ0) is 20.7. The van der Waals surface area contributed by atoms with Gasteiger partial charge in [0.2, 0.25) is 5.91 Å². The molecule has 7 nitrogen and oxygen atoms in total. The van der Waals surface area contributed by atoms with Crippen molar-refractivity contribution in [2.75, 3.05) is 31.1 Å². The number of likely N-dealkylation sites (tertiary alicyclic amines) is 1. The molecule has 5 heterocycles. The minimum absolute atomic E-state index is 0.0800. The van der Waals surface area contributed by atoms with Gasteiger partial charge in [0, 0.05) is 31.6 Å². The largest absolute Gasteiger partial charge is 0.356 e. The summed E-state index contributed by atoms with van der Waals surface area (Å²) in [5, 5.41) is 2.99. The van der Waals surface area contributed by atoms with Gasteiger partial charge in [-0.25, -0.2) is 15.0 Å². The number of pyridine rings is 1. The van der Waals surface area contributed by atoms with Crippen molar-refractivity contribution in [3.05, 3.63) is 23.2 Å². The number of imidazole rings is 1. The number of nitrogens with zero attached hydrogens (tertiary/aromatic N) is 5. The molecule has 3 aromatic heterocycles. The average Bonchev–Trinajstić information content (AvgIpc) is 3.52. The number of fused-ring (bicyclic) bond motifs is 1. The van der Waals surface area contributed by atoms with Gasteiger partial charge in [0.05, 0.1) is 11.6 Å². The highest BCUT2D eigenvalue weighted by atomic mass is 32.1.